The second kappa shape index (κ2) is 10.7. The van der Waals surface area contributed by atoms with Gasteiger partial charge in [-0.1, -0.05) is 63.8 Å². The van der Waals surface area contributed by atoms with E-state index in [4.69, 9.17) is 0 Å². The Morgan fingerprint density at radius 2 is 1.96 bits per heavy atom. The molecule has 0 aliphatic carbocycles. The molecule has 4 heteroatoms. The molecule has 0 spiro atoms. The molecule has 1 aliphatic rings. The number of benzene rings is 1. The molecule has 25 heavy (non-hydrogen) atoms. The maximum Gasteiger partial charge on any atom is 0.238 e. The standard InChI is InChI=1S/C21H31NO2S/c1-3-5-7-9-11-21-22(20(24)16-25-21)18-14-12-17(13-15-18)19(23)10-8-6-4-2/h7,9,12-15,19,21,23H,3-6,8,10-11,16H2,1-2H3/b9-7-. The van der Waals surface area contributed by atoms with Crippen LogP contribution in [0.15, 0.2) is 36.4 Å². The van der Waals surface area contributed by atoms with Gasteiger partial charge in [-0.25, -0.2) is 0 Å². The van der Waals surface area contributed by atoms with Gasteiger partial charge in [0.05, 0.1) is 17.2 Å². The highest BCUT2D eigenvalue weighted by atomic mass is 32.2. The zero-order valence-electron chi connectivity index (χ0n) is 15.5. The lowest BCUT2D eigenvalue weighted by Crippen LogP contribution is -2.32. The highest BCUT2D eigenvalue weighted by molar-refractivity contribution is 8.01. The van der Waals surface area contributed by atoms with Crippen molar-refractivity contribution in [1.82, 2.24) is 0 Å². The Bertz CT molecular complexity index is 556. The summed E-state index contributed by atoms with van der Waals surface area (Å²) in [5, 5.41) is 10.5. The van der Waals surface area contributed by atoms with Crippen LogP contribution in [0.1, 0.15) is 70.5 Å². The Hall–Kier alpha value is -1.26. The first-order chi connectivity index (χ1) is 12.2. The minimum absolute atomic E-state index is 0.176. The maximum atomic E-state index is 12.3. The van der Waals surface area contributed by atoms with Gasteiger partial charge in [-0.2, -0.15) is 0 Å². The number of nitrogens with zero attached hydrogens (tertiary/aromatic N) is 1. The van der Waals surface area contributed by atoms with E-state index in [0.29, 0.717) is 5.75 Å². The van der Waals surface area contributed by atoms with E-state index in [9.17, 15) is 9.90 Å². The quantitative estimate of drug-likeness (QED) is 0.445. The van der Waals surface area contributed by atoms with Crippen LogP contribution < -0.4 is 4.90 Å². The van der Waals surface area contributed by atoms with Gasteiger partial charge in [-0.3, -0.25) is 9.69 Å². The number of hydrogen-bond acceptors (Lipinski definition) is 3. The number of hydrogen-bond donors (Lipinski definition) is 1. The van der Waals surface area contributed by atoms with Crippen LogP contribution >= 0.6 is 11.8 Å². The van der Waals surface area contributed by atoms with Crippen LogP contribution in [0, 0.1) is 0 Å². The van der Waals surface area contributed by atoms with E-state index in [0.717, 1.165) is 56.2 Å². The van der Waals surface area contributed by atoms with Crippen molar-refractivity contribution in [1.29, 1.82) is 0 Å². The molecule has 0 saturated carbocycles. The number of unbranched alkanes of at least 4 members (excludes halogenated alkanes) is 3. The number of rotatable bonds is 10. The highest BCUT2D eigenvalue weighted by Gasteiger charge is 2.31. The molecule has 2 rings (SSSR count). The molecule has 1 aromatic rings. The number of carbonyl (C=O) groups is 1. The topological polar surface area (TPSA) is 40.5 Å². The first-order valence-electron chi connectivity index (χ1n) is 9.54. The molecule has 0 radical (unpaired) electrons. The minimum atomic E-state index is -0.406. The molecule has 3 nitrogen and oxygen atoms in total. The molecule has 0 aromatic heterocycles. The van der Waals surface area contributed by atoms with Crippen LogP contribution in [-0.2, 0) is 4.79 Å². The summed E-state index contributed by atoms with van der Waals surface area (Å²) in [6.45, 7) is 4.34. The smallest absolute Gasteiger partial charge is 0.238 e. The van der Waals surface area contributed by atoms with Gasteiger partial charge in [-0.05, 0) is 37.0 Å². The molecule has 1 amide bonds. The lowest BCUT2D eigenvalue weighted by molar-refractivity contribution is -0.115. The molecular formula is C21H31NO2S. The monoisotopic (exact) mass is 361 g/mol. The van der Waals surface area contributed by atoms with Gasteiger partial charge >= 0.3 is 0 Å². The zero-order chi connectivity index (χ0) is 18.1. The highest BCUT2D eigenvalue weighted by Crippen LogP contribution is 2.33. The summed E-state index contributed by atoms with van der Waals surface area (Å²) >= 11 is 1.71. The average Bonchev–Trinajstić information content (AvgIpc) is 2.99. The van der Waals surface area contributed by atoms with Gasteiger partial charge < -0.3 is 5.11 Å². The number of anilines is 1. The lowest BCUT2D eigenvalue weighted by Gasteiger charge is -2.23. The number of carbonyl (C=O) groups excluding carboxylic acids is 1. The van der Waals surface area contributed by atoms with Crippen LogP contribution in [0.25, 0.3) is 0 Å². The Kier molecular flexibility index (Phi) is 8.56. The van der Waals surface area contributed by atoms with Crippen molar-refractivity contribution in [2.45, 2.75) is 70.3 Å². The third-order valence-electron chi connectivity index (χ3n) is 4.55. The number of thioether (sulfide) groups is 1. The summed E-state index contributed by atoms with van der Waals surface area (Å²) in [7, 11) is 0. The van der Waals surface area contributed by atoms with Crippen molar-refractivity contribution in [2.24, 2.45) is 0 Å². The summed E-state index contributed by atoms with van der Waals surface area (Å²) in [6.07, 6.45) is 11.3. The largest absolute Gasteiger partial charge is 0.388 e. The van der Waals surface area contributed by atoms with Crippen molar-refractivity contribution in [3.05, 3.63) is 42.0 Å². The predicted molar refractivity (Wildman–Crippen MR) is 108 cm³/mol. The average molecular weight is 362 g/mol. The van der Waals surface area contributed by atoms with Gasteiger partial charge in [-0.15, -0.1) is 11.8 Å². The normalized spacial score (nSPS) is 19.1. The summed E-state index contributed by atoms with van der Waals surface area (Å²) < 4.78 is 0. The molecule has 1 N–H and O–H groups in total. The number of amides is 1. The van der Waals surface area contributed by atoms with Crippen LogP contribution in [0.5, 0.6) is 0 Å². The third kappa shape index (κ3) is 5.89. The molecule has 1 fully saturated rings. The van der Waals surface area contributed by atoms with E-state index in [1.165, 1.54) is 0 Å². The van der Waals surface area contributed by atoms with Crippen LogP contribution in [0.4, 0.5) is 5.69 Å². The minimum Gasteiger partial charge on any atom is -0.388 e. The first kappa shape index (κ1) is 20.1. The molecule has 0 bridgehead atoms. The van der Waals surface area contributed by atoms with Crippen molar-refractivity contribution >= 4 is 23.4 Å². The summed E-state index contributed by atoms with van der Waals surface area (Å²) in [5.74, 6) is 0.725. The molecule has 1 aromatic carbocycles. The molecule has 2 atom stereocenters. The van der Waals surface area contributed by atoms with Crippen molar-refractivity contribution < 1.29 is 9.90 Å². The number of aliphatic hydroxyl groups excluding tert-OH is 1. The Balaban J connectivity index is 1.99. The third-order valence-corrected chi connectivity index (χ3v) is 5.75. The second-order valence-corrected chi connectivity index (χ2v) is 7.79. The van der Waals surface area contributed by atoms with Crippen molar-refractivity contribution in [2.75, 3.05) is 10.7 Å². The van der Waals surface area contributed by atoms with Gasteiger partial charge in [0.15, 0.2) is 0 Å². The Labute approximate surface area is 156 Å². The van der Waals surface area contributed by atoms with E-state index in [-0.39, 0.29) is 11.3 Å². The summed E-state index contributed by atoms with van der Waals surface area (Å²) in [4.78, 5) is 14.2. The molecule has 1 heterocycles. The molecular weight excluding hydrogens is 330 g/mol. The van der Waals surface area contributed by atoms with Crippen LogP contribution in [0.3, 0.4) is 0 Å². The molecule has 1 saturated heterocycles. The first-order valence-corrected chi connectivity index (χ1v) is 10.6. The van der Waals surface area contributed by atoms with Gasteiger partial charge in [0, 0.05) is 5.69 Å². The van der Waals surface area contributed by atoms with E-state index in [1.54, 1.807) is 11.8 Å². The summed E-state index contributed by atoms with van der Waals surface area (Å²) in [5.41, 5.74) is 1.88. The fourth-order valence-corrected chi connectivity index (χ4v) is 4.17. The van der Waals surface area contributed by atoms with Crippen LogP contribution in [0.2, 0.25) is 0 Å². The van der Waals surface area contributed by atoms with E-state index in [1.807, 2.05) is 29.2 Å². The molecule has 138 valence electrons. The summed E-state index contributed by atoms with van der Waals surface area (Å²) in [6, 6.07) is 7.88. The fraction of sp³-hybridized carbons (Fsp3) is 0.571. The van der Waals surface area contributed by atoms with Crippen molar-refractivity contribution in [3.63, 3.8) is 0 Å². The Morgan fingerprint density at radius 1 is 1.20 bits per heavy atom. The number of aliphatic hydroxyl groups is 1. The van der Waals surface area contributed by atoms with Gasteiger partial charge in [0.1, 0.15) is 0 Å². The molecule has 1 aliphatic heterocycles. The van der Waals surface area contributed by atoms with Gasteiger partial charge in [0.2, 0.25) is 5.91 Å². The fourth-order valence-electron chi connectivity index (χ4n) is 3.06. The predicted octanol–water partition coefficient (Wildman–Crippen LogP) is 5.45. The zero-order valence-corrected chi connectivity index (χ0v) is 16.3. The van der Waals surface area contributed by atoms with Gasteiger partial charge in [0.25, 0.3) is 0 Å². The SMILES string of the molecule is CCC/C=C\CC1SCC(=O)N1c1ccc(C(O)CCCCC)cc1. The molecule has 2 unspecified atom stereocenters. The number of allylic oxidation sites excluding steroid dienone is 1. The van der Waals surface area contributed by atoms with E-state index in [2.05, 4.69) is 26.0 Å². The van der Waals surface area contributed by atoms with Crippen LogP contribution in [-0.4, -0.2) is 22.1 Å². The van der Waals surface area contributed by atoms with E-state index < -0.39 is 6.10 Å². The second-order valence-electron chi connectivity index (χ2n) is 6.63. The van der Waals surface area contributed by atoms with E-state index >= 15 is 0 Å². The Morgan fingerprint density at radius 3 is 2.64 bits per heavy atom. The lowest BCUT2D eigenvalue weighted by atomic mass is 10.0. The maximum absolute atomic E-state index is 12.3. The van der Waals surface area contributed by atoms with Crippen molar-refractivity contribution in [3.8, 4) is 0 Å².